The second kappa shape index (κ2) is 6.11. The number of hydrogen-bond donors (Lipinski definition) is 0. The largest absolute Gasteiger partial charge is 0.466 e. The van der Waals surface area contributed by atoms with E-state index in [4.69, 9.17) is 4.74 Å². The molecule has 0 spiro atoms. The van der Waals surface area contributed by atoms with E-state index in [1.54, 1.807) is 13.1 Å². The van der Waals surface area contributed by atoms with Crippen molar-refractivity contribution in [3.63, 3.8) is 0 Å². The highest BCUT2D eigenvalue weighted by Gasteiger charge is 2.46. The van der Waals surface area contributed by atoms with Crippen LogP contribution in [-0.2, 0) is 22.4 Å². The van der Waals surface area contributed by atoms with Gasteiger partial charge in [0.15, 0.2) is 11.6 Å². The summed E-state index contributed by atoms with van der Waals surface area (Å²) in [5.41, 5.74) is 4.21. The van der Waals surface area contributed by atoms with Crippen LogP contribution in [0, 0.1) is 17.8 Å². The number of fused-ring (bicyclic) bond motifs is 5. The Hall–Kier alpha value is -2.30. The van der Waals surface area contributed by atoms with Gasteiger partial charge in [-0.05, 0) is 69.3 Å². The molecule has 0 radical (unpaired) electrons. The highest BCUT2D eigenvalue weighted by molar-refractivity contribution is 6.28. The Kier molecular flexibility index (Phi) is 3.81. The standard InChI is InChI=1S/C22H23NO4/c1-2-27-22(26)13-7-8-16-14(9-13)19-15(10-23-16)20(24)17-11-3-5-12(6-4-11)18(17)21(19)25/h10-13H,2-9H2,1H3. The number of nitrogens with zero attached hydrogens (tertiary/aromatic N) is 1. The summed E-state index contributed by atoms with van der Waals surface area (Å²) in [6.07, 6.45) is 7.42. The van der Waals surface area contributed by atoms with Crippen molar-refractivity contribution in [2.24, 2.45) is 17.8 Å². The molecule has 1 atom stereocenters. The van der Waals surface area contributed by atoms with Gasteiger partial charge in [0.05, 0.1) is 18.1 Å². The van der Waals surface area contributed by atoms with Gasteiger partial charge in [0.25, 0.3) is 0 Å². The first kappa shape index (κ1) is 16.8. The third-order valence-corrected chi connectivity index (χ3v) is 6.86. The van der Waals surface area contributed by atoms with Crippen LogP contribution in [0.2, 0.25) is 0 Å². The molecule has 140 valence electrons. The molecule has 5 heteroatoms. The number of ketones is 2. The fourth-order valence-electron chi connectivity index (χ4n) is 5.59. The second-order valence-corrected chi connectivity index (χ2v) is 8.20. The first-order valence-corrected chi connectivity index (χ1v) is 10.1. The van der Waals surface area contributed by atoms with Crippen molar-refractivity contribution in [3.8, 4) is 0 Å². The molecule has 1 heterocycles. The van der Waals surface area contributed by atoms with Crippen LogP contribution in [0.1, 0.15) is 71.0 Å². The molecule has 1 fully saturated rings. The van der Waals surface area contributed by atoms with E-state index in [0.29, 0.717) is 37.0 Å². The monoisotopic (exact) mass is 365 g/mol. The minimum absolute atomic E-state index is 0.00237. The molecular weight excluding hydrogens is 342 g/mol. The number of aryl methyl sites for hydroxylation is 1. The van der Waals surface area contributed by atoms with Crippen molar-refractivity contribution in [1.82, 2.24) is 4.98 Å². The maximum Gasteiger partial charge on any atom is 0.309 e. The zero-order valence-corrected chi connectivity index (χ0v) is 15.5. The molecule has 1 saturated carbocycles. The van der Waals surface area contributed by atoms with Gasteiger partial charge < -0.3 is 4.74 Å². The summed E-state index contributed by atoms with van der Waals surface area (Å²) in [7, 11) is 0. The molecule has 0 saturated heterocycles. The van der Waals surface area contributed by atoms with Crippen LogP contribution in [0.15, 0.2) is 17.3 Å². The summed E-state index contributed by atoms with van der Waals surface area (Å²) in [6, 6.07) is 0. The third kappa shape index (κ3) is 2.36. The molecule has 2 bridgehead atoms. The first-order chi connectivity index (χ1) is 13.1. The van der Waals surface area contributed by atoms with Gasteiger partial charge >= 0.3 is 5.97 Å². The summed E-state index contributed by atoms with van der Waals surface area (Å²) in [4.78, 5) is 43.5. The van der Waals surface area contributed by atoms with Crippen LogP contribution in [0.5, 0.6) is 0 Å². The third-order valence-electron chi connectivity index (χ3n) is 6.86. The van der Waals surface area contributed by atoms with Crippen molar-refractivity contribution in [2.75, 3.05) is 6.61 Å². The maximum absolute atomic E-state index is 13.5. The van der Waals surface area contributed by atoms with E-state index in [1.807, 2.05) is 0 Å². The van der Waals surface area contributed by atoms with E-state index in [9.17, 15) is 14.4 Å². The number of hydrogen-bond acceptors (Lipinski definition) is 5. The number of aromatic nitrogens is 1. The Morgan fingerprint density at radius 2 is 1.74 bits per heavy atom. The Balaban J connectivity index is 1.61. The number of esters is 1. The lowest BCUT2D eigenvalue weighted by Gasteiger charge is -2.41. The van der Waals surface area contributed by atoms with Gasteiger partial charge in [-0.1, -0.05) is 0 Å². The van der Waals surface area contributed by atoms with Crippen LogP contribution in [-0.4, -0.2) is 29.1 Å². The first-order valence-electron chi connectivity index (χ1n) is 10.1. The van der Waals surface area contributed by atoms with Gasteiger partial charge in [-0.15, -0.1) is 0 Å². The number of allylic oxidation sites excluding steroid dienone is 2. The van der Waals surface area contributed by atoms with Crippen molar-refractivity contribution < 1.29 is 19.1 Å². The molecule has 5 nitrogen and oxygen atoms in total. The Morgan fingerprint density at radius 3 is 2.41 bits per heavy atom. The van der Waals surface area contributed by atoms with Gasteiger partial charge in [-0.2, -0.15) is 0 Å². The molecule has 0 amide bonds. The molecule has 27 heavy (non-hydrogen) atoms. The molecule has 5 aliphatic rings. The number of pyridine rings is 1. The van der Waals surface area contributed by atoms with Crippen LogP contribution in [0.3, 0.4) is 0 Å². The number of ether oxygens (including phenoxy) is 1. The lowest BCUT2D eigenvalue weighted by Crippen LogP contribution is -2.38. The molecule has 0 aromatic carbocycles. The smallest absolute Gasteiger partial charge is 0.309 e. The number of carbonyl (C=O) groups is 3. The minimum atomic E-state index is -0.258. The second-order valence-electron chi connectivity index (χ2n) is 8.20. The molecule has 5 aliphatic carbocycles. The SMILES string of the molecule is CCOC(=O)C1CCc2ncc3c(c2C1)C(=O)C1=C(C3=O)C2CCC1CC2. The fraction of sp³-hybridized carbons (Fsp3) is 0.545. The number of rotatable bonds is 2. The van der Waals surface area contributed by atoms with E-state index in [1.165, 1.54) is 0 Å². The molecular formula is C22H23NO4. The zero-order valence-electron chi connectivity index (χ0n) is 15.5. The molecule has 1 unspecified atom stereocenters. The quantitative estimate of drug-likeness (QED) is 0.752. The Morgan fingerprint density at radius 1 is 1.07 bits per heavy atom. The van der Waals surface area contributed by atoms with Gasteiger partial charge in [0, 0.05) is 28.6 Å². The lowest BCUT2D eigenvalue weighted by molar-refractivity contribution is -0.148. The zero-order chi connectivity index (χ0) is 18.7. The average Bonchev–Trinajstić information content (AvgIpc) is 2.71. The maximum atomic E-state index is 13.5. The van der Waals surface area contributed by atoms with E-state index >= 15 is 0 Å². The van der Waals surface area contributed by atoms with E-state index in [0.717, 1.165) is 48.1 Å². The lowest BCUT2D eigenvalue weighted by atomic mass is 9.61. The Labute approximate surface area is 158 Å². The van der Waals surface area contributed by atoms with Gasteiger partial charge in [-0.25, -0.2) is 0 Å². The van der Waals surface area contributed by atoms with Gasteiger partial charge in [0.1, 0.15) is 0 Å². The molecule has 0 aliphatic heterocycles. The minimum Gasteiger partial charge on any atom is -0.466 e. The van der Waals surface area contributed by atoms with Crippen LogP contribution >= 0.6 is 0 Å². The summed E-state index contributed by atoms with van der Waals surface area (Å²) in [5, 5.41) is 0. The fourth-order valence-corrected chi connectivity index (χ4v) is 5.59. The Bertz CT molecular complexity index is 905. The predicted molar refractivity (Wildman–Crippen MR) is 97.5 cm³/mol. The molecule has 1 aromatic rings. The molecule has 6 rings (SSSR count). The number of Topliss-reactive ketones (excluding diaryl/α,β-unsaturated/α-hetero) is 2. The van der Waals surface area contributed by atoms with Crippen LogP contribution in [0.4, 0.5) is 0 Å². The van der Waals surface area contributed by atoms with Gasteiger partial charge in [0.2, 0.25) is 0 Å². The molecule has 1 aromatic heterocycles. The van der Waals surface area contributed by atoms with Gasteiger partial charge in [-0.3, -0.25) is 19.4 Å². The van der Waals surface area contributed by atoms with E-state index < -0.39 is 0 Å². The summed E-state index contributed by atoms with van der Waals surface area (Å²) in [5.74, 6) is 0.0132. The number of carbonyl (C=O) groups excluding carboxylic acids is 3. The summed E-state index contributed by atoms with van der Waals surface area (Å²) in [6.45, 7) is 2.15. The van der Waals surface area contributed by atoms with Crippen LogP contribution < -0.4 is 0 Å². The van der Waals surface area contributed by atoms with E-state index in [2.05, 4.69) is 4.98 Å². The topological polar surface area (TPSA) is 73.3 Å². The molecule has 0 N–H and O–H groups in total. The van der Waals surface area contributed by atoms with Crippen molar-refractivity contribution >= 4 is 17.5 Å². The van der Waals surface area contributed by atoms with E-state index in [-0.39, 0.29) is 35.3 Å². The van der Waals surface area contributed by atoms with Crippen molar-refractivity contribution in [2.45, 2.75) is 51.9 Å². The van der Waals surface area contributed by atoms with Crippen LogP contribution in [0.25, 0.3) is 0 Å². The van der Waals surface area contributed by atoms with Crippen molar-refractivity contribution in [1.29, 1.82) is 0 Å². The highest BCUT2D eigenvalue weighted by Crippen LogP contribution is 2.50. The highest BCUT2D eigenvalue weighted by atomic mass is 16.5. The average molecular weight is 365 g/mol. The van der Waals surface area contributed by atoms with Crippen molar-refractivity contribution in [3.05, 3.63) is 39.7 Å². The predicted octanol–water partition coefficient (Wildman–Crippen LogP) is 3.25. The summed E-state index contributed by atoms with van der Waals surface area (Å²) >= 11 is 0. The normalized spacial score (nSPS) is 28.6. The summed E-state index contributed by atoms with van der Waals surface area (Å²) < 4.78 is 5.19.